The normalized spacial score (nSPS) is 11.9. The minimum absolute atomic E-state index is 0.00696. The largest absolute Gasteiger partial charge is 0.494 e. The fourth-order valence-corrected chi connectivity index (χ4v) is 3.55. The molecule has 31 heavy (non-hydrogen) atoms. The molecule has 2 N–H and O–H groups in total. The van der Waals surface area contributed by atoms with Gasteiger partial charge in [0.05, 0.1) is 6.04 Å². The maximum atomic E-state index is 13.1. The molecule has 158 valence electrons. The van der Waals surface area contributed by atoms with Crippen molar-refractivity contribution in [1.82, 2.24) is 9.55 Å². The van der Waals surface area contributed by atoms with Gasteiger partial charge in [0.1, 0.15) is 18.2 Å². The summed E-state index contributed by atoms with van der Waals surface area (Å²) in [7, 11) is 0. The maximum Gasteiger partial charge on any atom is 0.194 e. The van der Waals surface area contributed by atoms with Gasteiger partial charge in [0.15, 0.2) is 11.8 Å². The van der Waals surface area contributed by atoms with Crippen molar-refractivity contribution in [1.29, 1.82) is 0 Å². The van der Waals surface area contributed by atoms with Crippen LogP contribution in [0.25, 0.3) is 11.1 Å². The van der Waals surface area contributed by atoms with Crippen molar-refractivity contribution in [3.63, 3.8) is 0 Å². The summed E-state index contributed by atoms with van der Waals surface area (Å²) in [6.45, 7) is 0.275. The van der Waals surface area contributed by atoms with Crippen molar-refractivity contribution in [3.05, 3.63) is 96.6 Å². The number of ether oxygens (including phenoxy) is 1. The highest BCUT2D eigenvalue weighted by Gasteiger charge is 2.19. The monoisotopic (exact) mass is 418 g/mol. The van der Waals surface area contributed by atoms with Gasteiger partial charge in [-0.05, 0) is 65.9 Å². The first-order chi connectivity index (χ1) is 15.1. The molecule has 6 heteroatoms. The van der Waals surface area contributed by atoms with Crippen LogP contribution in [0.15, 0.2) is 85.2 Å². The quantitative estimate of drug-likeness (QED) is 0.405. The number of hydrogen-bond donors (Lipinski definition) is 2. The molecule has 0 saturated heterocycles. The van der Waals surface area contributed by atoms with E-state index in [4.69, 9.17) is 4.74 Å². The van der Waals surface area contributed by atoms with Crippen LogP contribution in [0.4, 0.5) is 4.39 Å². The van der Waals surface area contributed by atoms with Gasteiger partial charge < -0.3 is 14.9 Å². The van der Waals surface area contributed by atoms with E-state index < -0.39 is 0 Å². The molecule has 0 amide bonds. The average molecular weight is 418 g/mol. The van der Waals surface area contributed by atoms with Gasteiger partial charge in [0.25, 0.3) is 0 Å². The van der Waals surface area contributed by atoms with Crippen molar-refractivity contribution in [3.8, 4) is 28.6 Å². The fourth-order valence-electron chi connectivity index (χ4n) is 3.55. The third-order valence-electron chi connectivity index (χ3n) is 5.23. The number of benzene rings is 2. The zero-order valence-corrected chi connectivity index (χ0v) is 16.9. The predicted molar refractivity (Wildman–Crippen MR) is 117 cm³/mol. The molecule has 0 aliphatic heterocycles. The number of hydrogen-bond acceptors (Lipinski definition) is 4. The minimum atomic E-state index is -0.266. The van der Waals surface area contributed by atoms with E-state index in [0.29, 0.717) is 12.2 Å². The third-order valence-corrected chi connectivity index (χ3v) is 5.23. The van der Waals surface area contributed by atoms with Crippen LogP contribution in [-0.4, -0.2) is 26.4 Å². The van der Waals surface area contributed by atoms with Crippen LogP contribution in [0.2, 0.25) is 0 Å². The van der Waals surface area contributed by atoms with Gasteiger partial charge in [-0.15, -0.1) is 0 Å². The van der Waals surface area contributed by atoms with Crippen LogP contribution in [0, 0.1) is 5.82 Å². The number of aryl methyl sites for hydroxylation is 1. The highest BCUT2D eigenvalue weighted by Crippen LogP contribution is 2.30. The molecule has 2 aromatic carbocycles. The molecule has 1 unspecified atom stereocenters. The molecule has 2 aromatic heterocycles. The summed E-state index contributed by atoms with van der Waals surface area (Å²) < 4.78 is 20.6. The second-order valence-electron chi connectivity index (χ2n) is 7.31. The maximum absolute atomic E-state index is 13.1. The molecule has 1 atom stereocenters. The fraction of sp³-hybridized carbons (Fsp3) is 0.160. The Morgan fingerprint density at radius 2 is 1.39 bits per heavy atom. The number of aromatic hydroxyl groups is 2. The van der Waals surface area contributed by atoms with E-state index in [1.54, 1.807) is 24.5 Å². The Bertz CT molecular complexity index is 1090. The molecule has 4 aromatic rings. The SMILES string of the molecule is Oc1ccc(O)n1C(CCc1ccncc1)COc1ccc(-c2ccc(F)cc2)cc1. The molecule has 0 saturated carbocycles. The van der Waals surface area contributed by atoms with Crippen LogP contribution in [0.3, 0.4) is 0 Å². The first-order valence-corrected chi connectivity index (χ1v) is 10.1. The second-order valence-corrected chi connectivity index (χ2v) is 7.31. The van der Waals surface area contributed by atoms with Gasteiger partial charge in [-0.1, -0.05) is 24.3 Å². The van der Waals surface area contributed by atoms with E-state index in [1.165, 1.54) is 28.8 Å². The third kappa shape index (κ3) is 5.04. The van der Waals surface area contributed by atoms with Gasteiger partial charge in [-0.3, -0.25) is 9.55 Å². The lowest BCUT2D eigenvalue weighted by atomic mass is 10.1. The highest BCUT2D eigenvalue weighted by molar-refractivity contribution is 5.64. The number of aromatic nitrogens is 2. The van der Waals surface area contributed by atoms with Gasteiger partial charge in [0, 0.05) is 24.5 Å². The van der Waals surface area contributed by atoms with E-state index in [1.807, 2.05) is 36.4 Å². The first-order valence-electron chi connectivity index (χ1n) is 10.1. The Morgan fingerprint density at radius 1 is 0.806 bits per heavy atom. The number of halogens is 1. The molecule has 2 heterocycles. The van der Waals surface area contributed by atoms with Crippen molar-refractivity contribution < 1.29 is 19.3 Å². The number of pyridine rings is 1. The molecule has 0 radical (unpaired) electrons. The van der Waals surface area contributed by atoms with Gasteiger partial charge >= 0.3 is 0 Å². The molecule has 0 bridgehead atoms. The summed E-state index contributed by atoms with van der Waals surface area (Å²) in [6, 6.07) is 20.4. The van der Waals surface area contributed by atoms with E-state index >= 15 is 0 Å². The second kappa shape index (κ2) is 9.34. The summed E-state index contributed by atoms with van der Waals surface area (Å²) in [5.41, 5.74) is 3.00. The average Bonchev–Trinajstić information content (AvgIpc) is 3.13. The summed E-state index contributed by atoms with van der Waals surface area (Å²) in [6.07, 6.45) is 4.90. The Kier molecular flexibility index (Phi) is 6.17. The van der Waals surface area contributed by atoms with Crippen molar-refractivity contribution in [2.75, 3.05) is 6.61 Å². The summed E-state index contributed by atoms with van der Waals surface area (Å²) in [5, 5.41) is 20.4. The van der Waals surface area contributed by atoms with Crippen LogP contribution in [0.1, 0.15) is 18.0 Å². The molecule has 5 nitrogen and oxygen atoms in total. The molecule has 4 rings (SSSR count). The summed E-state index contributed by atoms with van der Waals surface area (Å²) in [5.74, 6) is 0.393. The zero-order chi connectivity index (χ0) is 21.6. The Balaban J connectivity index is 1.46. The molecular weight excluding hydrogens is 395 g/mol. The van der Waals surface area contributed by atoms with Gasteiger partial charge in [0.2, 0.25) is 0 Å². The topological polar surface area (TPSA) is 67.5 Å². The first kappa shape index (κ1) is 20.5. The van der Waals surface area contributed by atoms with Gasteiger partial charge in [-0.2, -0.15) is 0 Å². The molecular formula is C25H23FN2O3. The van der Waals surface area contributed by atoms with E-state index in [9.17, 15) is 14.6 Å². The molecule has 0 aliphatic rings. The Hall–Kier alpha value is -3.80. The lowest BCUT2D eigenvalue weighted by molar-refractivity contribution is 0.217. The Morgan fingerprint density at radius 3 is 2.00 bits per heavy atom. The van der Waals surface area contributed by atoms with E-state index in [-0.39, 0.29) is 30.2 Å². The summed E-state index contributed by atoms with van der Waals surface area (Å²) in [4.78, 5) is 4.03. The van der Waals surface area contributed by atoms with Crippen LogP contribution >= 0.6 is 0 Å². The number of rotatable bonds is 8. The van der Waals surface area contributed by atoms with Gasteiger partial charge in [-0.25, -0.2) is 4.39 Å². The van der Waals surface area contributed by atoms with Crippen LogP contribution in [-0.2, 0) is 6.42 Å². The summed E-state index contributed by atoms with van der Waals surface area (Å²) >= 11 is 0. The standard InChI is InChI=1S/C25H23FN2O3/c26-21-6-2-19(3-7-21)20-4-9-23(10-5-20)31-17-22(28-24(29)11-12-25(28)30)8-1-18-13-15-27-16-14-18/h2-7,9-16,22,29-30H,1,8,17H2. The minimum Gasteiger partial charge on any atom is -0.494 e. The van der Waals surface area contributed by atoms with Crippen LogP contribution in [0.5, 0.6) is 17.5 Å². The lowest BCUT2D eigenvalue weighted by Crippen LogP contribution is -2.18. The molecule has 0 fully saturated rings. The highest BCUT2D eigenvalue weighted by atomic mass is 19.1. The van der Waals surface area contributed by atoms with E-state index in [0.717, 1.165) is 23.1 Å². The van der Waals surface area contributed by atoms with Crippen molar-refractivity contribution >= 4 is 0 Å². The lowest BCUT2D eigenvalue weighted by Gasteiger charge is -2.21. The van der Waals surface area contributed by atoms with Crippen molar-refractivity contribution in [2.24, 2.45) is 0 Å². The molecule has 0 spiro atoms. The van der Waals surface area contributed by atoms with E-state index in [2.05, 4.69) is 4.98 Å². The van der Waals surface area contributed by atoms with Crippen LogP contribution < -0.4 is 4.74 Å². The Labute approximate surface area is 180 Å². The predicted octanol–water partition coefficient (Wildman–Crippen LogP) is 5.35. The number of nitrogens with zero attached hydrogens (tertiary/aromatic N) is 2. The smallest absolute Gasteiger partial charge is 0.194 e. The molecule has 0 aliphatic carbocycles. The van der Waals surface area contributed by atoms with Crippen molar-refractivity contribution in [2.45, 2.75) is 18.9 Å². The zero-order valence-electron chi connectivity index (χ0n) is 16.9.